The summed E-state index contributed by atoms with van der Waals surface area (Å²) in [5.74, 6) is -0.215. The van der Waals surface area contributed by atoms with Crippen LogP contribution in [0.5, 0.6) is 0 Å². The first-order chi connectivity index (χ1) is 9.57. The number of nitriles is 1. The van der Waals surface area contributed by atoms with Crippen molar-refractivity contribution in [1.29, 1.82) is 5.26 Å². The minimum Gasteiger partial charge on any atom is -0.366 e. The predicted molar refractivity (Wildman–Crippen MR) is 69.8 cm³/mol. The molecule has 0 radical (unpaired) electrons. The average Bonchev–Trinajstić information content (AvgIpc) is 2.98. The maximum atomic E-state index is 12.2. The third-order valence-electron chi connectivity index (χ3n) is 3.87. The highest BCUT2D eigenvalue weighted by molar-refractivity contribution is 6.07. The Morgan fingerprint density at radius 3 is 2.95 bits per heavy atom. The van der Waals surface area contributed by atoms with E-state index in [1.54, 1.807) is 18.3 Å². The van der Waals surface area contributed by atoms with Crippen molar-refractivity contribution in [1.82, 2.24) is 15.2 Å². The maximum absolute atomic E-state index is 12.2. The number of urea groups is 1. The van der Waals surface area contributed by atoms with Crippen molar-refractivity contribution in [3.63, 3.8) is 0 Å². The molecule has 2 aliphatic rings. The Hall–Kier alpha value is -2.62. The molecule has 3 heterocycles. The third kappa shape index (κ3) is 1.61. The van der Waals surface area contributed by atoms with Crippen molar-refractivity contribution in [3.8, 4) is 6.07 Å². The predicted octanol–water partition coefficient (Wildman–Crippen LogP) is 0.0838. The van der Waals surface area contributed by atoms with Gasteiger partial charge in [0.2, 0.25) is 0 Å². The minimum absolute atomic E-state index is 0.215. The van der Waals surface area contributed by atoms with E-state index >= 15 is 0 Å². The van der Waals surface area contributed by atoms with Gasteiger partial charge in [-0.25, -0.2) is 9.78 Å². The molecule has 102 valence electrons. The molecule has 1 unspecified atom stereocenters. The van der Waals surface area contributed by atoms with Gasteiger partial charge in [-0.1, -0.05) is 0 Å². The second-order valence-corrected chi connectivity index (χ2v) is 5.03. The molecule has 0 aliphatic carbocycles. The van der Waals surface area contributed by atoms with Crippen LogP contribution < -0.4 is 10.2 Å². The summed E-state index contributed by atoms with van der Waals surface area (Å²) in [6, 6.07) is 5.23. The summed E-state index contributed by atoms with van der Waals surface area (Å²) < 4.78 is 0. The molecule has 1 N–H and O–H groups in total. The van der Waals surface area contributed by atoms with E-state index in [1.807, 2.05) is 11.0 Å². The Morgan fingerprint density at radius 2 is 2.30 bits per heavy atom. The highest BCUT2D eigenvalue weighted by Gasteiger charge is 2.53. The quantitative estimate of drug-likeness (QED) is 0.731. The van der Waals surface area contributed by atoms with Gasteiger partial charge in [0, 0.05) is 19.8 Å². The van der Waals surface area contributed by atoms with E-state index in [9.17, 15) is 9.59 Å². The number of carbonyl (C=O) groups is 2. The van der Waals surface area contributed by atoms with Crippen molar-refractivity contribution >= 4 is 17.6 Å². The summed E-state index contributed by atoms with van der Waals surface area (Å²) in [6.07, 6.45) is 2.09. The molecule has 2 aliphatic heterocycles. The lowest BCUT2D eigenvalue weighted by molar-refractivity contribution is -0.129. The number of hydrogen-bond donors (Lipinski definition) is 1. The van der Waals surface area contributed by atoms with Crippen LogP contribution in [0.3, 0.4) is 0 Å². The molecule has 0 aromatic carbocycles. The number of nitrogens with zero attached hydrogens (tertiary/aromatic N) is 4. The Bertz CT molecular complexity index is 638. The zero-order valence-corrected chi connectivity index (χ0v) is 11.0. The van der Waals surface area contributed by atoms with Crippen molar-refractivity contribution in [2.45, 2.75) is 12.0 Å². The molecule has 0 saturated carbocycles. The molecule has 1 aromatic heterocycles. The van der Waals surface area contributed by atoms with Gasteiger partial charge in [-0.2, -0.15) is 5.26 Å². The summed E-state index contributed by atoms with van der Waals surface area (Å²) in [6.45, 7) is 0.961. The molecule has 2 fully saturated rings. The highest BCUT2D eigenvalue weighted by Crippen LogP contribution is 2.32. The zero-order valence-electron chi connectivity index (χ0n) is 11.0. The van der Waals surface area contributed by atoms with E-state index in [2.05, 4.69) is 10.3 Å². The van der Waals surface area contributed by atoms with Crippen LogP contribution in [-0.2, 0) is 4.79 Å². The summed E-state index contributed by atoms with van der Waals surface area (Å²) in [5.41, 5.74) is 0.159. The lowest BCUT2D eigenvalue weighted by atomic mass is 9.99. The lowest BCUT2D eigenvalue weighted by Crippen LogP contribution is -2.49. The molecule has 2 saturated heterocycles. The molecule has 0 bridgehead atoms. The van der Waals surface area contributed by atoms with Gasteiger partial charge in [0.1, 0.15) is 11.6 Å². The van der Waals surface area contributed by atoms with Gasteiger partial charge < -0.3 is 10.2 Å². The number of imide groups is 1. The second kappa shape index (κ2) is 4.20. The smallest absolute Gasteiger partial charge is 0.324 e. The van der Waals surface area contributed by atoms with Crippen molar-refractivity contribution in [3.05, 3.63) is 24.0 Å². The van der Waals surface area contributed by atoms with Crippen LogP contribution in [0.15, 0.2) is 18.3 Å². The zero-order chi connectivity index (χ0) is 14.3. The number of amides is 3. The number of hydrogen-bond acceptors (Lipinski definition) is 5. The molecule has 7 nitrogen and oxygen atoms in total. The SMILES string of the molecule is CN1C(=O)NC2(CCN(c3cccnc3C#N)C2)C1=O. The Morgan fingerprint density at radius 1 is 1.50 bits per heavy atom. The largest absolute Gasteiger partial charge is 0.366 e. The number of carbonyl (C=O) groups excluding carboxylic acids is 2. The average molecular weight is 271 g/mol. The van der Waals surface area contributed by atoms with Gasteiger partial charge in [-0.05, 0) is 18.6 Å². The number of nitrogens with one attached hydrogen (secondary N) is 1. The van der Waals surface area contributed by atoms with Crippen LogP contribution in [0.4, 0.5) is 10.5 Å². The van der Waals surface area contributed by atoms with E-state index in [0.29, 0.717) is 30.9 Å². The standard InChI is InChI=1S/C13H13N5O2/c1-17-11(19)13(16-12(17)20)4-6-18(8-13)10-3-2-5-15-9(10)7-14/h2-3,5H,4,6,8H2,1H3,(H,16,20). The van der Waals surface area contributed by atoms with Crippen molar-refractivity contribution in [2.24, 2.45) is 0 Å². The van der Waals surface area contributed by atoms with Gasteiger partial charge in [-0.15, -0.1) is 0 Å². The molecular formula is C13H13N5O2. The first-order valence-electron chi connectivity index (χ1n) is 6.28. The van der Waals surface area contributed by atoms with Crippen LogP contribution in [0, 0.1) is 11.3 Å². The summed E-state index contributed by atoms with van der Waals surface area (Å²) in [4.78, 5) is 30.9. The van der Waals surface area contributed by atoms with E-state index < -0.39 is 5.54 Å². The Balaban J connectivity index is 1.90. The van der Waals surface area contributed by atoms with E-state index in [-0.39, 0.29) is 11.9 Å². The van der Waals surface area contributed by atoms with E-state index in [4.69, 9.17) is 5.26 Å². The lowest BCUT2D eigenvalue weighted by Gasteiger charge is -2.23. The molecule has 7 heteroatoms. The van der Waals surface area contributed by atoms with Crippen LogP contribution in [-0.4, -0.2) is 47.5 Å². The molecule has 3 amide bonds. The van der Waals surface area contributed by atoms with Gasteiger partial charge in [0.15, 0.2) is 5.69 Å². The number of likely N-dealkylation sites (N-methyl/N-ethyl adjacent to an activating group) is 1. The normalized spacial score (nSPS) is 25.2. The van der Waals surface area contributed by atoms with Gasteiger partial charge >= 0.3 is 6.03 Å². The monoisotopic (exact) mass is 271 g/mol. The first kappa shape index (κ1) is 12.4. The second-order valence-electron chi connectivity index (χ2n) is 5.03. The fourth-order valence-corrected chi connectivity index (χ4v) is 2.79. The molecule has 20 heavy (non-hydrogen) atoms. The number of pyridine rings is 1. The molecule has 1 aromatic rings. The number of anilines is 1. The Kier molecular flexibility index (Phi) is 2.61. The third-order valence-corrected chi connectivity index (χ3v) is 3.87. The molecule has 1 spiro atoms. The summed E-state index contributed by atoms with van der Waals surface area (Å²) in [7, 11) is 1.47. The van der Waals surface area contributed by atoms with Gasteiger partial charge in [-0.3, -0.25) is 9.69 Å². The van der Waals surface area contributed by atoms with Crippen LogP contribution in [0.25, 0.3) is 0 Å². The molecule has 1 atom stereocenters. The minimum atomic E-state index is -0.867. The van der Waals surface area contributed by atoms with Crippen LogP contribution in [0.2, 0.25) is 0 Å². The van der Waals surface area contributed by atoms with E-state index in [1.165, 1.54) is 7.05 Å². The molecular weight excluding hydrogens is 258 g/mol. The Labute approximate surface area is 115 Å². The molecule has 3 rings (SSSR count). The van der Waals surface area contributed by atoms with Crippen molar-refractivity contribution in [2.75, 3.05) is 25.0 Å². The fraction of sp³-hybridized carbons (Fsp3) is 0.385. The van der Waals surface area contributed by atoms with Gasteiger partial charge in [0.05, 0.1) is 12.2 Å². The topological polar surface area (TPSA) is 89.3 Å². The summed E-state index contributed by atoms with van der Waals surface area (Å²) in [5, 5.41) is 11.8. The summed E-state index contributed by atoms with van der Waals surface area (Å²) >= 11 is 0. The number of aromatic nitrogens is 1. The fourth-order valence-electron chi connectivity index (χ4n) is 2.79. The van der Waals surface area contributed by atoms with E-state index in [0.717, 1.165) is 4.90 Å². The number of rotatable bonds is 1. The highest BCUT2D eigenvalue weighted by atomic mass is 16.2. The first-order valence-corrected chi connectivity index (χ1v) is 6.28. The van der Waals surface area contributed by atoms with Crippen LogP contribution >= 0.6 is 0 Å². The van der Waals surface area contributed by atoms with Crippen molar-refractivity contribution < 1.29 is 9.59 Å². The maximum Gasteiger partial charge on any atom is 0.324 e. The van der Waals surface area contributed by atoms with Crippen LogP contribution in [0.1, 0.15) is 12.1 Å². The van der Waals surface area contributed by atoms with Gasteiger partial charge in [0.25, 0.3) is 5.91 Å².